The molecule has 0 aromatic carbocycles. The third-order valence-electron chi connectivity index (χ3n) is 2.27. The molecule has 1 aromatic heterocycles. The van der Waals surface area contributed by atoms with Gasteiger partial charge in [-0.25, -0.2) is 9.59 Å². The SMILES string of the molecule is CSCCC(NC(=O)NCc1cccnn1)C(=O)O. The molecule has 0 saturated heterocycles. The molecule has 0 saturated carbocycles. The molecule has 0 spiro atoms. The van der Waals surface area contributed by atoms with Gasteiger partial charge in [-0.1, -0.05) is 0 Å². The van der Waals surface area contributed by atoms with E-state index in [1.54, 1.807) is 12.1 Å². The fourth-order valence-corrected chi connectivity index (χ4v) is 1.77. The minimum absolute atomic E-state index is 0.203. The third kappa shape index (κ3) is 6.05. The summed E-state index contributed by atoms with van der Waals surface area (Å²) < 4.78 is 0. The maximum Gasteiger partial charge on any atom is 0.326 e. The monoisotopic (exact) mass is 284 g/mol. The zero-order valence-electron chi connectivity index (χ0n) is 10.5. The molecule has 0 aliphatic carbocycles. The molecule has 1 aromatic rings. The second-order valence-corrected chi connectivity index (χ2v) is 4.70. The average molecular weight is 284 g/mol. The van der Waals surface area contributed by atoms with E-state index in [2.05, 4.69) is 20.8 Å². The zero-order chi connectivity index (χ0) is 14.1. The molecule has 19 heavy (non-hydrogen) atoms. The first-order chi connectivity index (χ1) is 9.13. The standard InChI is InChI=1S/C11H16N4O3S/c1-19-6-4-9(10(16)17)14-11(18)12-7-8-3-2-5-13-15-8/h2-3,5,9H,4,6-7H2,1H3,(H,16,17)(H2,12,14,18). The van der Waals surface area contributed by atoms with E-state index in [0.717, 1.165) is 0 Å². The first-order valence-electron chi connectivity index (χ1n) is 5.66. The van der Waals surface area contributed by atoms with E-state index < -0.39 is 18.0 Å². The summed E-state index contributed by atoms with van der Waals surface area (Å²) in [4.78, 5) is 22.5. The van der Waals surface area contributed by atoms with E-state index in [-0.39, 0.29) is 6.54 Å². The van der Waals surface area contributed by atoms with Gasteiger partial charge in [0, 0.05) is 6.20 Å². The highest BCUT2D eigenvalue weighted by Gasteiger charge is 2.18. The summed E-state index contributed by atoms with van der Waals surface area (Å²) in [5.74, 6) is -0.370. The van der Waals surface area contributed by atoms with Gasteiger partial charge in [0.2, 0.25) is 0 Å². The number of aliphatic carboxylic acids is 1. The minimum Gasteiger partial charge on any atom is -0.480 e. The van der Waals surface area contributed by atoms with Crippen LogP contribution in [0.3, 0.4) is 0 Å². The number of aromatic nitrogens is 2. The maximum absolute atomic E-state index is 11.6. The lowest BCUT2D eigenvalue weighted by atomic mass is 10.2. The Kier molecular flexibility index (Phi) is 6.65. The summed E-state index contributed by atoms with van der Waals surface area (Å²) >= 11 is 1.53. The van der Waals surface area contributed by atoms with Gasteiger partial charge in [-0.15, -0.1) is 0 Å². The molecule has 1 heterocycles. The molecule has 104 valence electrons. The van der Waals surface area contributed by atoms with Gasteiger partial charge in [0.15, 0.2) is 0 Å². The number of nitrogens with one attached hydrogen (secondary N) is 2. The summed E-state index contributed by atoms with van der Waals surface area (Å²) in [6.45, 7) is 0.203. The highest BCUT2D eigenvalue weighted by Crippen LogP contribution is 2.01. The fourth-order valence-electron chi connectivity index (χ4n) is 1.30. The van der Waals surface area contributed by atoms with Gasteiger partial charge in [0.05, 0.1) is 12.2 Å². The third-order valence-corrected chi connectivity index (χ3v) is 2.92. The molecule has 2 amide bonds. The van der Waals surface area contributed by atoms with Crippen LogP contribution in [0.4, 0.5) is 4.79 Å². The number of amides is 2. The Bertz CT molecular complexity index is 416. The van der Waals surface area contributed by atoms with Crippen LogP contribution in [0.2, 0.25) is 0 Å². The van der Waals surface area contributed by atoms with Crippen molar-refractivity contribution in [3.05, 3.63) is 24.0 Å². The van der Waals surface area contributed by atoms with Gasteiger partial charge in [-0.2, -0.15) is 22.0 Å². The summed E-state index contributed by atoms with van der Waals surface area (Å²) in [5.41, 5.74) is 0.605. The van der Waals surface area contributed by atoms with Gasteiger partial charge >= 0.3 is 12.0 Å². The number of thioether (sulfide) groups is 1. The lowest BCUT2D eigenvalue weighted by molar-refractivity contribution is -0.139. The largest absolute Gasteiger partial charge is 0.480 e. The van der Waals surface area contributed by atoms with Gasteiger partial charge in [-0.3, -0.25) is 0 Å². The highest BCUT2D eigenvalue weighted by molar-refractivity contribution is 7.98. The Hall–Kier alpha value is -1.83. The van der Waals surface area contributed by atoms with Crippen molar-refractivity contribution in [2.45, 2.75) is 19.0 Å². The summed E-state index contributed by atoms with van der Waals surface area (Å²) in [7, 11) is 0. The van der Waals surface area contributed by atoms with Crippen molar-refractivity contribution in [3.63, 3.8) is 0 Å². The molecule has 7 nitrogen and oxygen atoms in total. The Morgan fingerprint density at radius 3 is 2.89 bits per heavy atom. The fraction of sp³-hybridized carbons (Fsp3) is 0.455. The van der Waals surface area contributed by atoms with Gasteiger partial charge in [-0.05, 0) is 30.6 Å². The highest BCUT2D eigenvalue weighted by atomic mass is 32.2. The lowest BCUT2D eigenvalue weighted by Gasteiger charge is -2.14. The molecule has 1 unspecified atom stereocenters. The number of nitrogens with zero attached hydrogens (tertiary/aromatic N) is 2. The van der Waals surface area contributed by atoms with Crippen molar-refractivity contribution in [2.75, 3.05) is 12.0 Å². The number of hydrogen-bond acceptors (Lipinski definition) is 5. The van der Waals surface area contributed by atoms with Gasteiger partial charge < -0.3 is 15.7 Å². The second kappa shape index (κ2) is 8.30. The van der Waals surface area contributed by atoms with Gasteiger partial charge in [0.25, 0.3) is 0 Å². The predicted octanol–water partition coefficient (Wildman–Crippen LogP) is 0.482. The predicted molar refractivity (Wildman–Crippen MR) is 71.8 cm³/mol. The van der Waals surface area contributed by atoms with Crippen LogP contribution in [0.25, 0.3) is 0 Å². The van der Waals surface area contributed by atoms with Crippen molar-refractivity contribution in [3.8, 4) is 0 Å². The quantitative estimate of drug-likeness (QED) is 0.673. The van der Waals surface area contributed by atoms with Crippen LogP contribution < -0.4 is 10.6 Å². The Morgan fingerprint density at radius 1 is 1.53 bits per heavy atom. The van der Waals surface area contributed by atoms with Crippen LogP contribution in [0.1, 0.15) is 12.1 Å². The molecular weight excluding hydrogens is 268 g/mol. The topological polar surface area (TPSA) is 104 Å². The van der Waals surface area contributed by atoms with Crippen molar-refractivity contribution < 1.29 is 14.7 Å². The summed E-state index contributed by atoms with van der Waals surface area (Å²) in [6.07, 6.45) is 3.80. The molecule has 3 N–H and O–H groups in total. The number of urea groups is 1. The maximum atomic E-state index is 11.6. The summed E-state index contributed by atoms with van der Waals surface area (Å²) in [6, 6.07) is 2.02. The van der Waals surface area contributed by atoms with Crippen LogP contribution in [0, 0.1) is 0 Å². The van der Waals surface area contributed by atoms with Crippen LogP contribution in [-0.2, 0) is 11.3 Å². The van der Waals surface area contributed by atoms with Crippen molar-refractivity contribution in [2.24, 2.45) is 0 Å². The van der Waals surface area contributed by atoms with Crippen molar-refractivity contribution in [1.29, 1.82) is 0 Å². The van der Waals surface area contributed by atoms with E-state index in [0.29, 0.717) is 17.9 Å². The molecule has 0 bridgehead atoms. The molecule has 0 aliphatic rings. The second-order valence-electron chi connectivity index (χ2n) is 3.71. The normalized spacial score (nSPS) is 11.6. The average Bonchev–Trinajstić information content (AvgIpc) is 2.42. The van der Waals surface area contributed by atoms with Crippen LogP contribution in [0.5, 0.6) is 0 Å². The van der Waals surface area contributed by atoms with E-state index >= 15 is 0 Å². The number of rotatable bonds is 7. The number of carboxylic acids is 1. The number of carboxylic acid groups (broad SMARTS) is 1. The Labute approximate surface area is 115 Å². The van der Waals surface area contributed by atoms with Crippen molar-refractivity contribution in [1.82, 2.24) is 20.8 Å². The van der Waals surface area contributed by atoms with Crippen molar-refractivity contribution >= 4 is 23.8 Å². The first-order valence-corrected chi connectivity index (χ1v) is 7.05. The van der Waals surface area contributed by atoms with Crippen LogP contribution >= 0.6 is 11.8 Å². The van der Waals surface area contributed by atoms with Crippen LogP contribution in [-0.4, -0.2) is 45.4 Å². The molecule has 0 fully saturated rings. The van der Waals surface area contributed by atoms with E-state index in [9.17, 15) is 9.59 Å². The minimum atomic E-state index is -1.04. The molecule has 1 rings (SSSR count). The Balaban J connectivity index is 2.38. The van der Waals surface area contributed by atoms with Crippen LogP contribution in [0.15, 0.2) is 18.3 Å². The molecular formula is C11H16N4O3S. The Morgan fingerprint density at radius 2 is 2.32 bits per heavy atom. The number of hydrogen-bond donors (Lipinski definition) is 3. The molecule has 1 atom stereocenters. The lowest BCUT2D eigenvalue weighted by Crippen LogP contribution is -2.46. The smallest absolute Gasteiger partial charge is 0.326 e. The number of carbonyl (C=O) groups excluding carboxylic acids is 1. The van der Waals surface area contributed by atoms with E-state index in [4.69, 9.17) is 5.11 Å². The molecule has 0 aliphatic heterocycles. The molecule has 8 heteroatoms. The number of carbonyl (C=O) groups is 2. The van der Waals surface area contributed by atoms with E-state index in [1.807, 2.05) is 6.26 Å². The zero-order valence-corrected chi connectivity index (χ0v) is 11.3. The summed E-state index contributed by atoms with van der Waals surface area (Å²) in [5, 5.41) is 21.4. The molecule has 0 radical (unpaired) electrons. The first kappa shape index (κ1) is 15.2. The van der Waals surface area contributed by atoms with E-state index in [1.165, 1.54) is 18.0 Å². The van der Waals surface area contributed by atoms with Gasteiger partial charge in [0.1, 0.15) is 6.04 Å².